The summed E-state index contributed by atoms with van der Waals surface area (Å²) in [6.07, 6.45) is 6.07. The summed E-state index contributed by atoms with van der Waals surface area (Å²) >= 11 is 0. The van der Waals surface area contributed by atoms with Crippen LogP contribution >= 0.6 is 0 Å². The monoisotopic (exact) mass is 197 g/mol. The fraction of sp³-hybridized carbons (Fsp3) is 1.00. The number of aliphatic hydroxyl groups is 1. The average molecular weight is 197 g/mol. The first-order valence-electron chi connectivity index (χ1n) is 6.11. The SMILES string of the molecule is CC(C)NC1CCC2CC2CCC1O. The average Bonchev–Trinajstić information content (AvgIpc) is 2.84. The summed E-state index contributed by atoms with van der Waals surface area (Å²) in [5, 5.41) is 13.5. The molecule has 4 unspecified atom stereocenters. The lowest BCUT2D eigenvalue weighted by Gasteiger charge is -2.28. The van der Waals surface area contributed by atoms with Gasteiger partial charge in [-0.3, -0.25) is 0 Å². The first kappa shape index (κ1) is 10.4. The van der Waals surface area contributed by atoms with Crippen molar-refractivity contribution in [3.63, 3.8) is 0 Å². The molecule has 0 spiro atoms. The van der Waals surface area contributed by atoms with Crippen LogP contribution in [0.4, 0.5) is 0 Å². The second-order valence-corrected chi connectivity index (χ2v) is 5.41. The van der Waals surface area contributed by atoms with Gasteiger partial charge in [0, 0.05) is 12.1 Å². The van der Waals surface area contributed by atoms with E-state index in [1.807, 2.05) is 0 Å². The maximum atomic E-state index is 10.00. The van der Waals surface area contributed by atoms with Crippen molar-refractivity contribution >= 4 is 0 Å². The van der Waals surface area contributed by atoms with Gasteiger partial charge in [-0.2, -0.15) is 0 Å². The van der Waals surface area contributed by atoms with Crippen LogP contribution in [0.25, 0.3) is 0 Å². The number of rotatable bonds is 2. The van der Waals surface area contributed by atoms with E-state index in [4.69, 9.17) is 0 Å². The molecule has 0 saturated heterocycles. The minimum atomic E-state index is -0.112. The van der Waals surface area contributed by atoms with Gasteiger partial charge in [0.25, 0.3) is 0 Å². The zero-order valence-corrected chi connectivity index (χ0v) is 9.37. The molecular weight excluding hydrogens is 174 g/mol. The third-order valence-corrected chi connectivity index (χ3v) is 3.76. The Morgan fingerprint density at radius 2 is 1.71 bits per heavy atom. The van der Waals surface area contributed by atoms with Crippen LogP contribution < -0.4 is 5.32 Å². The van der Waals surface area contributed by atoms with Gasteiger partial charge in [-0.1, -0.05) is 13.8 Å². The van der Waals surface area contributed by atoms with Gasteiger partial charge in [0.15, 0.2) is 0 Å². The molecule has 0 bridgehead atoms. The van der Waals surface area contributed by atoms with Crippen LogP contribution in [0.5, 0.6) is 0 Å². The molecule has 0 radical (unpaired) electrons. The molecule has 14 heavy (non-hydrogen) atoms. The first-order valence-corrected chi connectivity index (χ1v) is 6.11. The molecule has 4 atom stereocenters. The third kappa shape index (κ3) is 2.48. The number of aliphatic hydroxyl groups excluding tert-OH is 1. The molecule has 0 amide bonds. The number of fused-ring (bicyclic) bond motifs is 1. The van der Waals surface area contributed by atoms with Crippen LogP contribution in [0.1, 0.15) is 46.0 Å². The largest absolute Gasteiger partial charge is 0.392 e. The Morgan fingerprint density at radius 1 is 1.07 bits per heavy atom. The molecule has 2 N–H and O–H groups in total. The molecule has 0 aromatic carbocycles. The second-order valence-electron chi connectivity index (χ2n) is 5.41. The minimum Gasteiger partial charge on any atom is -0.392 e. The lowest BCUT2D eigenvalue weighted by molar-refractivity contribution is 0.0982. The molecule has 2 aliphatic rings. The zero-order valence-electron chi connectivity index (χ0n) is 9.37. The van der Waals surface area contributed by atoms with Crippen molar-refractivity contribution in [1.29, 1.82) is 0 Å². The van der Waals surface area contributed by atoms with Crippen molar-refractivity contribution < 1.29 is 5.11 Å². The first-order chi connectivity index (χ1) is 6.66. The molecule has 2 rings (SSSR count). The van der Waals surface area contributed by atoms with Crippen molar-refractivity contribution in [2.45, 2.75) is 64.1 Å². The van der Waals surface area contributed by atoms with Crippen LogP contribution in [0.2, 0.25) is 0 Å². The van der Waals surface area contributed by atoms with E-state index < -0.39 is 0 Å². The zero-order chi connectivity index (χ0) is 10.1. The Morgan fingerprint density at radius 3 is 2.36 bits per heavy atom. The molecule has 0 aliphatic heterocycles. The summed E-state index contributed by atoms with van der Waals surface area (Å²) in [5.74, 6) is 1.96. The van der Waals surface area contributed by atoms with Crippen LogP contribution in [0, 0.1) is 11.8 Å². The second kappa shape index (κ2) is 4.19. The molecule has 0 aromatic heterocycles. The molecule has 2 aliphatic carbocycles. The third-order valence-electron chi connectivity index (χ3n) is 3.76. The van der Waals surface area contributed by atoms with E-state index in [0.29, 0.717) is 12.1 Å². The van der Waals surface area contributed by atoms with Gasteiger partial charge in [-0.15, -0.1) is 0 Å². The normalized spacial score (nSPS) is 42.9. The summed E-state index contributed by atoms with van der Waals surface area (Å²) in [7, 11) is 0. The van der Waals surface area contributed by atoms with E-state index in [-0.39, 0.29) is 6.10 Å². The van der Waals surface area contributed by atoms with Gasteiger partial charge in [-0.05, 0) is 43.9 Å². The van der Waals surface area contributed by atoms with Crippen LogP contribution in [0.15, 0.2) is 0 Å². The summed E-state index contributed by atoms with van der Waals surface area (Å²) in [6, 6.07) is 0.834. The smallest absolute Gasteiger partial charge is 0.0693 e. The van der Waals surface area contributed by atoms with Gasteiger partial charge >= 0.3 is 0 Å². The van der Waals surface area contributed by atoms with Crippen molar-refractivity contribution in [1.82, 2.24) is 5.32 Å². The van der Waals surface area contributed by atoms with Gasteiger partial charge in [-0.25, -0.2) is 0 Å². The predicted molar refractivity (Wildman–Crippen MR) is 58.1 cm³/mol. The number of hydrogen-bond acceptors (Lipinski definition) is 2. The predicted octanol–water partition coefficient (Wildman–Crippen LogP) is 1.92. The van der Waals surface area contributed by atoms with Crippen LogP contribution in [0.3, 0.4) is 0 Å². The van der Waals surface area contributed by atoms with Crippen molar-refractivity contribution in [3.05, 3.63) is 0 Å². The molecule has 2 heteroatoms. The van der Waals surface area contributed by atoms with E-state index in [1.165, 1.54) is 25.7 Å². The highest BCUT2D eigenvalue weighted by molar-refractivity contribution is 4.92. The van der Waals surface area contributed by atoms with Crippen molar-refractivity contribution in [3.8, 4) is 0 Å². The minimum absolute atomic E-state index is 0.112. The van der Waals surface area contributed by atoms with E-state index >= 15 is 0 Å². The maximum Gasteiger partial charge on any atom is 0.0693 e. The standard InChI is InChI=1S/C12H23NO/c1-8(2)13-11-5-3-9-7-10(9)4-6-12(11)14/h8-14H,3-7H2,1-2H3. The highest BCUT2D eigenvalue weighted by Crippen LogP contribution is 2.47. The van der Waals surface area contributed by atoms with Crippen LogP contribution in [-0.2, 0) is 0 Å². The van der Waals surface area contributed by atoms with Crippen LogP contribution in [-0.4, -0.2) is 23.3 Å². The Balaban J connectivity index is 1.86. The Hall–Kier alpha value is -0.0800. The fourth-order valence-electron chi connectivity index (χ4n) is 2.81. The van der Waals surface area contributed by atoms with E-state index in [2.05, 4.69) is 19.2 Å². The Labute approximate surface area is 87.1 Å². The molecular formula is C12H23NO. The molecule has 0 aromatic rings. The highest BCUT2D eigenvalue weighted by Gasteiger charge is 2.39. The van der Waals surface area contributed by atoms with E-state index in [0.717, 1.165) is 18.3 Å². The summed E-state index contributed by atoms with van der Waals surface area (Å²) < 4.78 is 0. The number of hydrogen-bond donors (Lipinski definition) is 2. The Bertz CT molecular complexity index is 193. The summed E-state index contributed by atoms with van der Waals surface area (Å²) in [6.45, 7) is 4.32. The number of nitrogens with one attached hydrogen (secondary N) is 1. The lowest BCUT2D eigenvalue weighted by atomic mass is 9.94. The maximum absolute atomic E-state index is 10.00. The van der Waals surface area contributed by atoms with E-state index in [1.54, 1.807) is 0 Å². The highest BCUT2D eigenvalue weighted by atomic mass is 16.3. The molecule has 2 fully saturated rings. The van der Waals surface area contributed by atoms with Gasteiger partial charge in [0.1, 0.15) is 0 Å². The van der Waals surface area contributed by atoms with Gasteiger partial charge < -0.3 is 10.4 Å². The van der Waals surface area contributed by atoms with Crippen molar-refractivity contribution in [2.75, 3.05) is 0 Å². The van der Waals surface area contributed by atoms with Crippen molar-refractivity contribution in [2.24, 2.45) is 11.8 Å². The summed E-state index contributed by atoms with van der Waals surface area (Å²) in [4.78, 5) is 0. The van der Waals surface area contributed by atoms with Gasteiger partial charge in [0.05, 0.1) is 6.10 Å². The molecule has 2 nitrogen and oxygen atoms in total. The summed E-state index contributed by atoms with van der Waals surface area (Å²) in [5.41, 5.74) is 0. The quantitative estimate of drug-likeness (QED) is 0.709. The topological polar surface area (TPSA) is 32.3 Å². The molecule has 82 valence electrons. The van der Waals surface area contributed by atoms with Gasteiger partial charge in [0.2, 0.25) is 0 Å². The van der Waals surface area contributed by atoms with E-state index in [9.17, 15) is 5.11 Å². The molecule has 0 heterocycles. The lowest BCUT2D eigenvalue weighted by Crippen LogP contribution is -2.44. The Kier molecular flexibility index (Phi) is 3.13. The molecule has 2 saturated carbocycles. The fourth-order valence-corrected chi connectivity index (χ4v) is 2.81.